The largest absolute Gasteiger partial charge is 0.507 e. The van der Waals surface area contributed by atoms with Crippen LogP contribution in [0.25, 0.3) is 0 Å². The van der Waals surface area contributed by atoms with E-state index in [2.05, 4.69) is 0 Å². The third-order valence-electron chi connectivity index (χ3n) is 3.08. The average Bonchev–Trinajstić information content (AvgIpc) is 2.56. The van der Waals surface area contributed by atoms with Crippen LogP contribution in [0, 0.1) is 0 Å². The van der Waals surface area contributed by atoms with Crippen molar-refractivity contribution >= 4 is 17.5 Å². The molecule has 0 aromatic heterocycles. The fourth-order valence-electron chi connectivity index (χ4n) is 2.13. The summed E-state index contributed by atoms with van der Waals surface area (Å²) in [6.45, 7) is 1.56. The van der Waals surface area contributed by atoms with Crippen molar-refractivity contribution in [1.82, 2.24) is 4.90 Å². The monoisotopic (exact) mass is 253 g/mol. The molecule has 1 aromatic rings. The van der Waals surface area contributed by atoms with E-state index in [0.29, 0.717) is 10.6 Å². The van der Waals surface area contributed by atoms with E-state index in [1.165, 1.54) is 18.9 Å². The van der Waals surface area contributed by atoms with Gasteiger partial charge in [-0.25, -0.2) is 0 Å². The molecule has 17 heavy (non-hydrogen) atoms. The Labute approximate surface area is 106 Å². The number of carbonyl (C=O) groups is 1. The Balaban J connectivity index is 2.17. The number of hydrogen-bond acceptors (Lipinski definition) is 2. The first-order valence-electron chi connectivity index (χ1n) is 5.96. The lowest BCUT2D eigenvalue weighted by atomic mass is 10.1. The maximum atomic E-state index is 12.2. The van der Waals surface area contributed by atoms with E-state index in [1.807, 2.05) is 4.90 Å². The number of nitrogens with zero attached hydrogens (tertiary/aromatic N) is 1. The Morgan fingerprint density at radius 1 is 1.18 bits per heavy atom. The maximum Gasteiger partial charge on any atom is 0.257 e. The molecule has 1 fully saturated rings. The molecule has 3 nitrogen and oxygen atoms in total. The molecule has 4 heteroatoms. The molecule has 0 bridgehead atoms. The molecular weight excluding hydrogens is 238 g/mol. The molecule has 1 aliphatic rings. The van der Waals surface area contributed by atoms with Crippen molar-refractivity contribution in [3.8, 4) is 5.75 Å². The van der Waals surface area contributed by atoms with Crippen LogP contribution in [0.3, 0.4) is 0 Å². The lowest BCUT2D eigenvalue weighted by Crippen LogP contribution is -2.31. The van der Waals surface area contributed by atoms with Crippen molar-refractivity contribution in [3.05, 3.63) is 28.8 Å². The molecule has 0 spiro atoms. The SMILES string of the molecule is O=C(c1ccc(Cl)cc1O)N1CCCCCC1. The van der Waals surface area contributed by atoms with Crippen LogP contribution < -0.4 is 0 Å². The standard InChI is InChI=1S/C13H16ClNO2/c14-10-5-6-11(12(16)9-10)13(17)15-7-3-1-2-4-8-15/h5-6,9,16H,1-4,7-8H2. The van der Waals surface area contributed by atoms with Gasteiger partial charge in [0.25, 0.3) is 5.91 Å². The van der Waals surface area contributed by atoms with Crippen LogP contribution in [-0.2, 0) is 0 Å². The summed E-state index contributed by atoms with van der Waals surface area (Å²) < 4.78 is 0. The maximum absolute atomic E-state index is 12.2. The van der Waals surface area contributed by atoms with Gasteiger partial charge in [0, 0.05) is 18.1 Å². The van der Waals surface area contributed by atoms with Gasteiger partial charge in [0.1, 0.15) is 5.75 Å². The highest BCUT2D eigenvalue weighted by atomic mass is 35.5. The highest BCUT2D eigenvalue weighted by molar-refractivity contribution is 6.30. The van der Waals surface area contributed by atoms with Crippen LogP contribution in [0.4, 0.5) is 0 Å². The molecule has 1 N–H and O–H groups in total. The van der Waals surface area contributed by atoms with Gasteiger partial charge in [-0.05, 0) is 31.0 Å². The normalized spacial score (nSPS) is 16.6. The fourth-order valence-corrected chi connectivity index (χ4v) is 2.30. The Kier molecular flexibility index (Phi) is 3.89. The quantitative estimate of drug-likeness (QED) is 0.836. The van der Waals surface area contributed by atoms with Gasteiger partial charge in [0.15, 0.2) is 0 Å². The molecule has 92 valence electrons. The van der Waals surface area contributed by atoms with Crippen LogP contribution in [0.15, 0.2) is 18.2 Å². The summed E-state index contributed by atoms with van der Waals surface area (Å²) in [4.78, 5) is 14.0. The summed E-state index contributed by atoms with van der Waals surface area (Å²) in [5, 5.41) is 10.2. The van der Waals surface area contributed by atoms with Crippen molar-refractivity contribution in [2.75, 3.05) is 13.1 Å². The third kappa shape index (κ3) is 2.91. The number of aromatic hydroxyl groups is 1. The number of rotatable bonds is 1. The zero-order chi connectivity index (χ0) is 12.3. The second-order valence-corrected chi connectivity index (χ2v) is 4.80. The van der Waals surface area contributed by atoms with Crippen LogP contribution in [0.5, 0.6) is 5.75 Å². The highest BCUT2D eigenvalue weighted by Gasteiger charge is 2.19. The van der Waals surface area contributed by atoms with Gasteiger partial charge >= 0.3 is 0 Å². The Bertz CT molecular complexity index is 412. The summed E-state index contributed by atoms with van der Waals surface area (Å²) in [5.74, 6) is -0.132. The lowest BCUT2D eigenvalue weighted by molar-refractivity contribution is 0.0758. The molecule has 0 saturated carbocycles. The number of carbonyl (C=O) groups excluding carboxylic acids is 1. The predicted molar refractivity (Wildman–Crippen MR) is 67.5 cm³/mol. The smallest absolute Gasteiger partial charge is 0.257 e. The second-order valence-electron chi connectivity index (χ2n) is 4.37. The molecule has 2 rings (SSSR count). The number of hydrogen-bond donors (Lipinski definition) is 1. The molecule has 0 radical (unpaired) electrons. The summed E-state index contributed by atoms with van der Waals surface area (Å²) in [7, 11) is 0. The van der Waals surface area contributed by atoms with Crippen molar-refractivity contribution in [2.24, 2.45) is 0 Å². The zero-order valence-electron chi connectivity index (χ0n) is 9.66. The first-order valence-corrected chi connectivity index (χ1v) is 6.34. The zero-order valence-corrected chi connectivity index (χ0v) is 10.4. The Hall–Kier alpha value is -1.22. The van der Waals surface area contributed by atoms with E-state index < -0.39 is 0 Å². The summed E-state index contributed by atoms with van der Waals surface area (Å²) in [6, 6.07) is 4.63. The van der Waals surface area contributed by atoms with Crippen molar-refractivity contribution in [2.45, 2.75) is 25.7 Å². The molecule has 0 unspecified atom stereocenters. The van der Waals surface area contributed by atoms with E-state index >= 15 is 0 Å². The van der Waals surface area contributed by atoms with E-state index in [1.54, 1.807) is 12.1 Å². The van der Waals surface area contributed by atoms with E-state index in [0.717, 1.165) is 25.9 Å². The number of phenolic OH excluding ortho intramolecular Hbond substituents is 1. The van der Waals surface area contributed by atoms with Gasteiger partial charge in [-0.3, -0.25) is 4.79 Å². The molecule has 1 saturated heterocycles. The Morgan fingerprint density at radius 2 is 1.82 bits per heavy atom. The highest BCUT2D eigenvalue weighted by Crippen LogP contribution is 2.24. The number of halogens is 1. The van der Waals surface area contributed by atoms with Crippen LogP contribution >= 0.6 is 11.6 Å². The van der Waals surface area contributed by atoms with E-state index in [4.69, 9.17) is 11.6 Å². The van der Waals surface area contributed by atoms with Gasteiger partial charge in [-0.1, -0.05) is 24.4 Å². The van der Waals surface area contributed by atoms with Crippen molar-refractivity contribution < 1.29 is 9.90 Å². The molecule has 1 heterocycles. The number of amides is 1. The number of benzene rings is 1. The molecular formula is C13H16ClNO2. The molecule has 1 aromatic carbocycles. The van der Waals surface area contributed by atoms with Crippen LogP contribution in [-0.4, -0.2) is 29.0 Å². The van der Waals surface area contributed by atoms with E-state index in [9.17, 15) is 9.90 Å². The fraction of sp³-hybridized carbons (Fsp3) is 0.462. The molecule has 0 aliphatic carbocycles. The minimum absolute atomic E-state index is 0.0354. The molecule has 1 amide bonds. The van der Waals surface area contributed by atoms with Gasteiger partial charge in [-0.15, -0.1) is 0 Å². The van der Waals surface area contributed by atoms with Gasteiger partial charge in [-0.2, -0.15) is 0 Å². The first-order chi connectivity index (χ1) is 8.18. The van der Waals surface area contributed by atoms with Gasteiger partial charge in [0.2, 0.25) is 0 Å². The van der Waals surface area contributed by atoms with Gasteiger partial charge < -0.3 is 10.0 Å². The first kappa shape index (κ1) is 12.2. The summed E-state index contributed by atoms with van der Waals surface area (Å²) >= 11 is 5.75. The average molecular weight is 254 g/mol. The minimum atomic E-state index is -0.0962. The Morgan fingerprint density at radius 3 is 2.41 bits per heavy atom. The predicted octanol–water partition coefficient (Wildman–Crippen LogP) is 3.06. The van der Waals surface area contributed by atoms with Crippen LogP contribution in [0.1, 0.15) is 36.0 Å². The topological polar surface area (TPSA) is 40.5 Å². The molecule has 0 atom stereocenters. The third-order valence-corrected chi connectivity index (χ3v) is 3.32. The summed E-state index contributed by atoms with van der Waals surface area (Å²) in [6.07, 6.45) is 4.44. The minimum Gasteiger partial charge on any atom is -0.507 e. The molecule has 1 aliphatic heterocycles. The summed E-state index contributed by atoms with van der Waals surface area (Å²) in [5.41, 5.74) is 0.344. The van der Waals surface area contributed by atoms with Gasteiger partial charge in [0.05, 0.1) is 5.56 Å². The van der Waals surface area contributed by atoms with Crippen molar-refractivity contribution in [1.29, 1.82) is 0 Å². The van der Waals surface area contributed by atoms with Crippen LogP contribution in [0.2, 0.25) is 5.02 Å². The second kappa shape index (κ2) is 5.41. The van der Waals surface area contributed by atoms with E-state index in [-0.39, 0.29) is 11.7 Å². The van der Waals surface area contributed by atoms with Crippen molar-refractivity contribution in [3.63, 3.8) is 0 Å². The number of phenols is 1. The lowest BCUT2D eigenvalue weighted by Gasteiger charge is -2.20. The number of likely N-dealkylation sites (tertiary alicyclic amines) is 1.